The second-order valence-electron chi connectivity index (χ2n) is 8.13. The maximum absolute atomic E-state index is 12.7. The molecule has 0 amide bonds. The molecule has 2 fully saturated rings. The molecule has 0 radical (unpaired) electrons. The van der Waals surface area contributed by atoms with E-state index in [0.717, 1.165) is 31.1 Å². The Labute approximate surface area is 178 Å². The molecule has 1 N–H and O–H groups in total. The summed E-state index contributed by atoms with van der Waals surface area (Å²) in [6, 6.07) is 10.6. The quantitative estimate of drug-likeness (QED) is 0.780. The van der Waals surface area contributed by atoms with Crippen LogP contribution in [0, 0.1) is 5.92 Å². The fourth-order valence-corrected chi connectivity index (χ4v) is 5.95. The molecule has 2 saturated heterocycles. The molecule has 2 aliphatic rings. The van der Waals surface area contributed by atoms with Crippen LogP contribution in [-0.4, -0.2) is 50.5 Å². The highest BCUT2D eigenvalue weighted by atomic mass is 35.5. The van der Waals surface area contributed by atoms with Crippen LogP contribution in [0.2, 0.25) is 5.02 Å². The van der Waals surface area contributed by atoms with E-state index >= 15 is 0 Å². The maximum atomic E-state index is 12.7. The van der Waals surface area contributed by atoms with Gasteiger partial charge in [0.15, 0.2) is 5.03 Å². The molecule has 0 unspecified atom stereocenters. The van der Waals surface area contributed by atoms with Gasteiger partial charge < -0.3 is 10.2 Å². The van der Waals surface area contributed by atoms with Crippen molar-refractivity contribution in [2.45, 2.75) is 48.1 Å². The van der Waals surface area contributed by atoms with Gasteiger partial charge in [-0.25, -0.2) is 13.4 Å². The van der Waals surface area contributed by atoms with Crippen LogP contribution in [0.15, 0.2) is 52.5 Å². The lowest BCUT2D eigenvalue weighted by molar-refractivity contribution is 0.111. The fraction of sp³-hybridized carbons (Fsp3) is 0.500. The number of pyridine rings is 1. The van der Waals surface area contributed by atoms with Gasteiger partial charge in [-0.2, -0.15) is 0 Å². The van der Waals surface area contributed by atoms with Gasteiger partial charge in [-0.05, 0) is 94.0 Å². The van der Waals surface area contributed by atoms with Crippen LogP contribution >= 0.6 is 11.6 Å². The molecular formula is C22H28ClN3O2S. The van der Waals surface area contributed by atoms with Crippen LogP contribution in [0.5, 0.6) is 0 Å². The Morgan fingerprint density at radius 1 is 1.07 bits per heavy atom. The van der Waals surface area contributed by atoms with Gasteiger partial charge in [0.05, 0.1) is 4.90 Å². The number of rotatable bonds is 5. The van der Waals surface area contributed by atoms with Gasteiger partial charge in [0.25, 0.3) is 0 Å². The third-order valence-electron chi connectivity index (χ3n) is 6.18. The zero-order valence-electron chi connectivity index (χ0n) is 16.6. The zero-order valence-corrected chi connectivity index (χ0v) is 18.1. The number of hydrogen-bond acceptors (Lipinski definition) is 5. The molecule has 156 valence electrons. The maximum Gasteiger partial charge on any atom is 0.223 e. The Hall–Kier alpha value is -1.47. The minimum absolute atomic E-state index is 0.0734. The number of nitrogens with zero attached hydrogens (tertiary/aromatic N) is 2. The zero-order chi connectivity index (χ0) is 20.3. The molecule has 2 aromatic rings. The third-order valence-corrected chi connectivity index (χ3v) is 8.08. The molecule has 0 aliphatic carbocycles. The van der Waals surface area contributed by atoms with Crippen LogP contribution in [0.1, 0.15) is 31.2 Å². The Bertz CT molecular complexity index is 919. The van der Waals surface area contributed by atoms with Gasteiger partial charge in [0.1, 0.15) is 0 Å². The number of likely N-dealkylation sites (tertiary alicyclic amines) is 1. The minimum Gasteiger partial charge on any atom is -0.317 e. The van der Waals surface area contributed by atoms with Crippen molar-refractivity contribution in [3.05, 3.63) is 53.2 Å². The Morgan fingerprint density at radius 2 is 1.83 bits per heavy atom. The number of nitrogens with one attached hydrogen (secondary N) is 1. The molecule has 0 bridgehead atoms. The van der Waals surface area contributed by atoms with E-state index < -0.39 is 9.84 Å². The molecule has 1 aromatic heterocycles. The first-order chi connectivity index (χ1) is 14.0. The van der Waals surface area contributed by atoms with E-state index in [0.29, 0.717) is 10.9 Å². The van der Waals surface area contributed by atoms with E-state index in [-0.39, 0.29) is 9.92 Å². The number of aromatic nitrogens is 1. The first kappa shape index (κ1) is 20.8. The lowest BCUT2D eigenvalue weighted by atomic mass is 9.89. The number of halogens is 1. The van der Waals surface area contributed by atoms with Gasteiger partial charge in [-0.1, -0.05) is 23.7 Å². The summed E-state index contributed by atoms with van der Waals surface area (Å²) in [5.74, 6) is 0.644. The van der Waals surface area contributed by atoms with Crippen molar-refractivity contribution in [2.75, 3.05) is 26.2 Å². The molecule has 1 aromatic carbocycles. The van der Waals surface area contributed by atoms with Gasteiger partial charge >= 0.3 is 0 Å². The lowest BCUT2D eigenvalue weighted by Crippen LogP contribution is -2.46. The number of sulfone groups is 1. The van der Waals surface area contributed by atoms with Crippen LogP contribution in [-0.2, 0) is 16.3 Å². The Kier molecular flexibility index (Phi) is 6.54. The summed E-state index contributed by atoms with van der Waals surface area (Å²) in [4.78, 5) is 7.10. The molecule has 0 spiro atoms. The Morgan fingerprint density at radius 3 is 2.48 bits per heavy atom. The van der Waals surface area contributed by atoms with E-state index in [2.05, 4.69) is 15.2 Å². The summed E-state index contributed by atoms with van der Waals surface area (Å²) in [6.07, 6.45) is 7.61. The molecule has 2 aliphatic heterocycles. The summed E-state index contributed by atoms with van der Waals surface area (Å²) in [5, 5.41) is 3.92. The highest BCUT2D eigenvalue weighted by Crippen LogP contribution is 2.26. The smallest absolute Gasteiger partial charge is 0.223 e. The first-order valence-corrected chi connectivity index (χ1v) is 12.3. The molecule has 0 atom stereocenters. The number of hydrogen-bond donors (Lipinski definition) is 1. The van der Waals surface area contributed by atoms with Crippen molar-refractivity contribution in [2.24, 2.45) is 5.92 Å². The average molecular weight is 434 g/mol. The minimum atomic E-state index is -3.64. The first-order valence-electron chi connectivity index (χ1n) is 10.4. The number of benzene rings is 1. The second kappa shape index (κ2) is 9.13. The van der Waals surface area contributed by atoms with E-state index in [1.165, 1.54) is 44.8 Å². The molecule has 5 nitrogen and oxygen atoms in total. The van der Waals surface area contributed by atoms with Crippen molar-refractivity contribution < 1.29 is 8.42 Å². The fourth-order valence-electron chi connectivity index (χ4n) is 4.47. The normalized spacial score (nSPS) is 20.0. The largest absolute Gasteiger partial charge is 0.317 e. The van der Waals surface area contributed by atoms with Gasteiger partial charge in [-0.3, -0.25) is 0 Å². The van der Waals surface area contributed by atoms with Crippen LogP contribution in [0.4, 0.5) is 0 Å². The van der Waals surface area contributed by atoms with Crippen molar-refractivity contribution in [3.8, 4) is 0 Å². The monoisotopic (exact) mass is 433 g/mol. The standard InChI is InChI=1S/C22H28ClN3O2S/c23-19-2-1-3-21(15-19)29(27,28)22-5-4-18(16-25-22)14-17-8-12-26(13-9-17)20-6-10-24-11-7-20/h1-5,15-17,20,24H,6-14H2. The summed E-state index contributed by atoms with van der Waals surface area (Å²) in [7, 11) is -3.64. The molecule has 4 rings (SSSR count). The van der Waals surface area contributed by atoms with Gasteiger partial charge in [-0.15, -0.1) is 0 Å². The average Bonchev–Trinajstić information content (AvgIpc) is 2.75. The lowest BCUT2D eigenvalue weighted by Gasteiger charge is -2.39. The predicted octanol–water partition coefficient (Wildman–Crippen LogP) is 3.57. The molecule has 7 heteroatoms. The predicted molar refractivity (Wildman–Crippen MR) is 115 cm³/mol. The molecular weight excluding hydrogens is 406 g/mol. The molecule has 3 heterocycles. The Balaban J connectivity index is 1.35. The highest BCUT2D eigenvalue weighted by molar-refractivity contribution is 7.91. The van der Waals surface area contributed by atoms with Gasteiger partial charge in [0.2, 0.25) is 9.84 Å². The van der Waals surface area contributed by atoms with Crippen molar-refractivity contribution >= 4 is 21.4 Å². The third kappa shape index (κ3) is 5.00. The summed E-state index contributed by atoms with van der Waals surface area (Å²) >= 11 is 5.94. The van der Waals surface area contributed by atoms with Gasteiger partial charge in [0, 0.05) is 17.3 Å². The number of piperidine rings is 2. The van der Waals surface area contributed by atoms with Crippen LogP contribution < -0.4 is 5.32 Å². The second-order valence-corrected chi connectivity index (χ2v) is 10.5. The summed E-state index contributed by atoms with van der Waals surface area (Å²) < 4.78 is 25.5. The topological polar surface area (TPSA) is 62.3 Å². The van der Waals surface area contributed by atoms with E-state index in [4.69, 9.17) is 11.6 Å². The van der Waals surface area contributed by atoms with E-state index in [1.807, 2.05) is 6.07 Å². The SMILES string of the molecule is O=S(=O)(c1cccc(Cl)c1)c1ccc(CC2CCN(C3CCNCC3)CC2)cn1. The highest BCUT2D eigenvalue weighted by Gasteiger charge is 2.26. The van der Waals surface area contributed by atoms with Crippen LogP contribution in [0.25, 0.3) is 0 Å². The summed E-state index contributed by atoms with van der Waals surface area (Å²) in [5.41, 5.74) is 1.11. The van der Waals surface area contributed by atoms with E-state index in [9.17, 15) is 8.42 Å². The van der Waals surface area contributed by atoms with Crippen molar-refractivity contribution in [3.63, 3.8) is 0 Å². The van der Waals surface area contributed by atoms with Crippen molar-refractivity contribution in [1.29, 1.82) is 0 Å². The summed E-state index contributed by atoms with van der Waals surface area (Å²) in [6.45, 7) is 4.62. The van der Waals surface area contributed by atoms with Crippen molar-refractivity contribution in [1.82, 2.24) is 15.2 Å². The van der Waals surface area contributed by atoms with Crippen LogP contribution in [0.3, 0.4) is 0 Å². The van der Waals surface area contributed by atoms with E-state index in [1.54, 1.807) is 30.5 Å². The molecule has 0 saturated carbocycles. The molecule has 29 heavy (non-hydrogen) atoms.